The molecular weight excluding hydrogens is 430 g/mol. The van der Waals surface area contributed by atoms with Crippen LogP contribution in [-0.2, 0) is 24.0 Å². The summed E-state index contributed by atoms with van der Waals surface area (Å²) in [5.74, 6) is -3.99. The summed E-state index contributed by atoms with van der Waals surface area (Å²) < 4.78 is 175. The Labute approximate surface area is 130 Å². The van der Waals surface area contributed by atoms with E-state index in [1.165, 1.54) is 0 Å². The van der Waals surface area contributed by atoms with E-state index in [4.69, 9.17) is 0 Å². The molecule has 0 fully saturated rings. The highest BCUT2D eigenvalue weighted by Crippen LogP contribution is 2.40. The van der Waals surface area contributed by atoms with Crippen LogP contribution in [0, 0.1) is 0 Å². The second-order valence-corrected chi connectivity index (χ2v) is 3.40. The molecule has 5 nitrogen and oxygen atoms in total. The SMILES string of the molecule is FC(F)=C(F)C(F)(F)OC(F)(F)OC(F)(F)OC(F)(F)OOC(F)(F)F. The second-order valence-electron chi connectivity index (χ2n) is 3.40. The summed E-state index contributed by atoms with van der Waals surface area (Å²) in [6.07, 6.45) is -35.4. The number of rotatable bonds is 9. The highest BCUT2D eigenvalue weighted by atomic mass is 19.4. The molecule has 19 heteroatoms. The Balaban J connectivity index is 5.08. The molecule has 0 heterocycles. The molecule has 0 saturated heterocycles. The van der Waals surface area contributed by atoms with E-state index in [-0.39, 0.29) is 0 Å². The van der Waals surface area contributed by atoms with Crippen LogP contribution < -0.4 is 0 Å². The van der Waals surface area contributed by atoms with E-state index >= 15 is 0 Å². The van der Waals surface area contributed by atoms with Crippen molar-refractivity contribution in [3.05, 3.63) is 11.9 Å². The van der Waals surface area contributed by atoms with Gasteiger partial charge in [0, 0.05) is 0 Å². The quantitative estimate of drug-likeness (QED) is 0.227. The van der Waals surface area contributed by atoms with Gasteiger partial charge in [-0.2, -0.15) is 22.0 Å². The molecule has 0 unspecified atom stereocenters. The minimum Gasteiger partial charge on any atom is -0.223 e. The fourth-order valence-corrected chi connectivity index (χ4v) is 0.735. The van der Waals surface area contributed by atoms with Crippen molar-refractivity contribution in [1.29, 1.82) is 0 Å². The van der Waals surface area contributed by atoms with E-state index in [9.17, 15) is 61.5 Å². The van der Waals surface area contributed by atoms with Crippen LogP contribution in [0.25, 0.3) is 0 Å². The van der Waals surface area contributed by atoms with Gasteiger partial charge in [-0.3, -0.25) is 0 Å². The molecular formula is C7F14O5. The summed E-state index contributed by atoms with van der Waals surface area (Å²) in [4.78, 5) is 3.84. The topological polar surface area (TPSA) is 46.2 Å². The number of halogens is 14. The van der Waals surface area contributed by atoms with Crippen LogP contribution in [0.2, 0.25) is 0 Å². The molecule has 0 N–H and O–H groups in total. The van der Waals surface area contributed by atoms with Crippen molar-refractivity contribution in [2.75, 3.05) is 0 Å². The van der Waals surface area contributed by atoms with Crippen LogP contribution in [0.4, 0.5) is 61.5 Å². The molecule has 0 aliphatic rings. The van der Waals surface area contributed by atoms with Crippen molar-refractivity contribution in [3.63, 3.8) is 0 Å². The molecule has 0 saturated carbocycles. The maximum Gasteiger partial charge on any atom is 0.549 e. The fraction of sp³-hybridized carbons (Fsp3) is 0.714. The Bertz CT molecular complexity index is 508. The molecule has 0 atom stereocenters. The van der Waals surface area contributed by atoms with E-state index in [0.717, 1.165) is 0 Å². The molecule has 156 valence electrons. The van der Waals surface area contributed by atoms with E-state index in [2.05, 4.69) is 0 Å². The summed E-state index contributed by atoms with van der Waals surface area (Å²) >= 11 is 0. The molecule has 0 aromatic carbocycles. The Morgan fingerprint density at radius 2 is 0.885 bits per heavy atom. The van der Waals surface area contributed by atoms with Crippen molar-refractivity contribution in [2.24, 2.45) is 0 Å². The fourth-order valence-electron chi connectivity index (χ4n) is 0.735. The van der Waals surface area contributed by atoms with Gasteiger partial charge in [-0.15, -0.1) is 49.3 Å². The first-order chi connectivity index (χ1) is 11.2. The van der Waals surface area contributed by atoms with Gasteiger partial charge in [0.15, 0.2) is 0 Å². The van der Waals surface area contributed by atoms with Gasteiger partial charge in [-0.25, -0.2) is 14.2 Å². The first-order valence-electron chi connectivity index (χ1n) is 4.95. The summed E-state index contributed by atoms with van der Waals surface area (Å²) in [6, 6.07) is 0. The zero-order chi connectivity index (χ0) is 21.2. The minimum atomic E-state index is -6.50. The van der Waals surface area contributed by atoms with Crippen LogP contribution in [0.5, 0.6) is 0 Å². The van der Waals surface area contributed by atoms with Crippen molar-refractivity contribution in [1.82, 2.24) is 0 Å². The van der Waals surface area contributed by atoms with Crippen molar-refractivity contribution in [2.45, 2.75) is 31.4 Å². The van der Waals surface area contributed by atoms with Crippen molar-refractivity contribution < 1.29 is 85.5 Å². The molecule has 0 bridgehead atoms. The van der Waals surface area contributed by atoms with Crippen LogP contribution in [0.1, 0.15) is 0 Å². The standard InChI is InChI=1S/C7F14O5/c8-1(2(9)10)3(11,12)22-5(16,17)23-6(18,19)24-7(20,21)26-25-4(13,14)15. The van der Waals surface area contributed by atoms with Gasteiger partial charge in [0.1, 0.15) is 0 Å². The highest BCUT2D eigenvalue weighted by Gasteiger charge is 2.59. The molecule has 0 aromatic heterocycles. The van der Waals surface area contributed by atoms with Crippen LogP contribution in [-0.4, -0.2) is 31.4 Å². The average molecular weight is 430 g/mol. The third-order valence-corrected chi connectivity index (χ3v) is 1.38. The monoisotopic (exact) mass is 430 g/mol. The lowest BCUT2D eigenvalue weighted by molar-refractivity contribution is -0.645. The van der Waals surface area contributed by atoms with Crippen LogP contribution >= 0.6 is 0 Å². The number of hydrogen-bond donors (Lipinski definition) is 0. The van der Waals surface area contributed by atoms with E-state index in [0.29, 0.717) is 0 Å². The van der Waals surface area contributed by atoms with Crippen molar-refractivity contribution >= 4 is 0 Å². The first kappa shape index (κ1) is 24.6. The van der Waals surface area contributed by atoms with Gasteiger partial charge in [0.05, 0.1) is 0 Å². The summed E-state index contributed by atoms with van der Waals surface area (Å²) in [6.45, 7) is 0. The Morgan fingerprint density at radius 1 is 0.500 bits per heavy atom. The third kappa shape index (κ3) is 9.31. The summed E-state index contributed by atoms with van der Waals surface area (Å²) in [7, 11) is 0. The minimum absolute atomic E-state index is 1.84. The Kier molecular flexibility index (Phi) is 7.24. The molecule has 0 aromatic rings. The third-order valence-electron chi connectivity index (χ3n) is 1.38. The number of hydrogen-bond acceptors (Lipinski definition) is 5. The predicted octanol–water partition coefficient (Wildman–Crippen LogP) is 4.83. The predicted molar refractivity (Wildman–Crippen MR) is 41.6 cm³/mol. The maximum atomic E-state index is 12.6. The Hall–Kier alpha value is -1.44. The van der Waals surface area contributed by atoms with E-state index in [1.54, 1.807) is 0 Å². The van der Waals surface area contributed by atoms with Crippen molar-refractivity contribution in [3.8, 4) is 0 Å². The smallest absolute Gasteiger partial charge is 0.223 e. The van der Waals surface area contributed by atoms with E-state index in [1.807, 2.05) is 24.0 Å². The lowest BCUT2D eigenvalue weighted by atomic mass is 10.5. The molecule has 0 rings (SSSR count). The lowest BCUT2D eigenvalue weighted by Gasteiger charge is -2.26. The largest absolute Gasteiger partial charge is 0.549 e. The normalized spacial score (nSPS) is 14.5. The van der Waals surface area contributed by atoms with Gasteiger partial charge >= 0.3 is 37.4 Å². The van der Waals surface area contributed by atoms with Crippen LogP contribution in [0.15, 0.2) is 11.9 Å². The van der Waals surface area contributed by atoms with Crippen LogP contribution in [0.3, 0.4) is 0 Å². The summed E-state index contributed by atoms with van der Waals surface area (Å²) in [5, 5.41) is 0. The zero-order valence-electron chi connectivity index (χ0n) is 10.8. The van der Waals surface area contributed by atoms with E-state index < -0.39 is 43.3 Å². The number of ether oxygens (including phenoxy) is 3. The van der Waals surface area contributed by atoms with Gasteiger partial charge in [0.2, 0.25) is 0 Å². The number of alkyl halides is 11. The molecule has 0 aliphatic carbocycles. The second kappa shape index (κ2) is 7.66. The van der Waals surface area contributed by atoms with Gasteiger partial charge in [-0.1, -0.05) is 0 Å². The first-order valence-corrected chi connectivity index (χ1v) is 4.95. The average Bonchev–Trinajstić information content (AvgIpc) is 2.30. The molecule has 0 spiro atoms. The molecule has 26 heavy (non-hydrogen) atoms. The zero-order valence-corrected chi connectivity index (χ0v) is 10.8. The lowest BCUT2D eigenvalue weighted by Crippen LogP contribution is -2.45. The molecule has 0 aliphatic heterocycles. The van der Waals surface area contributed by atoms with Gasteiger partial charge in [0.25, 0.3) is 5.83 Å². The van der Waals surface area contributed by atoms with Gasteiger partial charge in [-0.05, 0) is 0 Å². The molecule has 0 amide bonds. The van der Waals surface area contributed by atoms with Gasteiger partial charge < -0.3 is 0 Å². The maximum absolute atomic E-state index is 12.6. The highest BCUT2D eigenvalue weighted by molar-refractivity contribution is 4.99. The molecule has 0 radical (unpaired) electrons. The Morgan fingerprint density at radius 3 is 1.27 bits per heavy atom. The summed E-state index contributed by atoms with van der Waals surface area (Å²) in [5.41, 5.74) is 0.